The number of hydrogen-bond donors (Lipinski definition) is 1. The molecule has 10 heteroatoms. The second kappa shape index (κ2) is 13.8. The summed E-state index contributed by atoms with van der Waals surface area (Å²) in [5.74, 6) is -0.182. The summed E-state index contributed by atoms with van der Waals surface area (Å²) in [6, 6.07) is 19.6. The molecular formula is C30H37N3O6S. The number of ether oxygens (including phenoxy) is 2. The van der Waals surface area contributed by atoms with Gasteiger partial charge in [-0.3, -0.25) is 13.9 Å². The second-order valence-electron chi connectivity index (χ2n) is 9.19. The highest BCUT2D eigenvalue weighted by molar-refractivity contribution is 7.92. The second-order valence-corrected chi connectivity index (χ2v) is 11.1. The van der Waals surface area contributed by atoms with E-state index < -0.39 is 28.5 Å². The number of nitrogens with zero attached hydrogens (tertiary/aromatic N) is 2. The number of nitrogens with one attached hydrogen (secondary N) is 1. The lowest BCUT2D eigenvalue weighted by atomic mass is 10.1. The number of likely N-dealkylation sites (N-methyl/N-ethyl adjacent to an activating group) is 1. The first kappa shape index (κ1) is 30.5. The summed E-state index contributed by atoms with van der Waals surface area (Å²) < 4.78 is 39.7. The highest BCUT2D eigenvalue weighted by Crippen LogP contribution is 2.32. The first-order valence-electron chi connectivity index (χ1n) is 13.1. The monoisotopic (exact) mass is 567 g/mol. The fourth-order valence-electron chi connectivity index (χ4n) is 4.33. The van der Waals surface area contributed by atoms with Crippen molar-refractivity contribution in [2.45, 2.75) is 44.7 Å². The van der Waals surface area contributed by atoms with Crippen molar-refractivity contribution in [3.05, 3.63) is 83.9 Å². The Hall–Kier alpha value is -4.05. The van der Waals surface area contributed by atoms with Crippen molar-refractivity contribution < 1.29 is 27.5 Å². The van der Waals surface area contributed by atoms with Gasteiger partial charge in [0.1, 0.15) is 12.6 Å². The molecule has 0 aliphatic rings. The number of amides is 2. The molecule has 0 radical (unpaired) electrons. The molecule has 1 unspecified atom stereocenters. The normalized spacial score (nSPS) is 11.8. The third-order valence-electron chi connectivity index (χ3n) is 6.48. The van der Waals surface area contributed by atoms with Gasteiger partial charge in [-0.2, -0.15) is 0 Å². The van der Waals surface area contributed by atoms with Crippen LogP contribution in [-0.2, 0) is 26.2 Å². The van der Waals surface area contributed by atoms with Crippen molar-refractivity contribution in [3.63, 3.8) is 0 Å². The van der Waals surface area contributed by atoms with Crippen LogP contribution in [-0.4, -0.2) is 58.5 Å². The number of para-hydroxylation sites is 1. The van der Waals surface area contributed by atoms with Crippen molar-refractivity contribution in [3.8, 4) is 11.5 Å². The van der Waals surface area contributed by atoms with Gasteiger partial charge >= 0.3 is 0 Å². The number of benzene rings is 3. The highest BCUT2D eigenvalue weighted by Gasteiger charge is 2.34. The average molecular weight is 568 g/mol. The Labute approximate surface area is 236 Å². The minimum Gasteiger partial charge on any atom is -0.493 e. The molecule has 3 rings (SSSR count). The molecule has 214 valence electrons. The number of hydrogen-bond acceptors (Lipinski definition) is 6. The Kier molecular flexibility index (Phi) is 10.6. The number of rotatable bonds is 13. The maximum atomic E-state index is 14.0. The van der Waals surface area contributed by atoms with E-state index in [9.17, 15) is 18.0 Å². The lowest BCUT2D eigenvalue weighted by molar-refractivity contribution is -0.140. The summed E-state index contributed by atoms with van der Waals surface area (Å²) in [5, 5.41) is 2.80. The summed E-state index contributed by atoms with van der Waals surface area (Å²) >= 11 is 0. The molecule has 40 heavy (non-hydrogen) atoms. The lowest BCUT2D eigenvalue weighted by Gasteiger charge is -2.33. The number of anilines is 1. The van der Waals surface area contributed by atoms with Crippen LogP contribution in [0.3, 0.4) is 0 Å². The van der Waals surface area contributed by atoms with Crippen molar-refractivity contribution in [1.29, 1.82) is 0 Å². The van der Waals surface area contributed by atoms with Gasteiger partial charge in [-0.05, 0) is 50.1 Å². The Bertz CT molecular complexity index is 1390. The predicted molar refractivity (Wildman–Crippen MR) is 155 cm³/mol. The van der Waals surface area contributed by atoms with E-state index in [4.69, 9.17) is 9.47 Å². The third-order valence-corrected chi connectivity index (χ3v) is 8.25. The van der Waals surface area contributed by atoms with E-state index in [1.54, 1.807) is 30.3 Å². The van der Waals surface area contributed by atoms with Crippen LogP contribution in [0, 0.1) is 6.92 Å². The summed E-state index contributed by atoms with van der Waals surface area (Å²) in [5.41, 5.74) is 2.20. The quantitative estimate of drug-likeness (QED) is 0.333. The van der Waals surface area contributed by atoms with E-state index in [0.29, 0.717) is 24.4 Å². The molecule has 0 spiro atoms. The van der Waals surface area contributed by atoms with Crippen molar-refractivity contribution >= 4 is 27.5 Å². The zero-order valence-electron chi connectivity index (χ0n) is 23.6. The SMILES string of the molecule is CCNC(=O)C(CC)N(Cc1ccc(C)cc1)C(=O)CN(c1ccccc1)S(=O)(=O)c1ccc(OC)c(OC)c1. The Morgan fingerprint density at radius 1 is 0.900 bits per heavy atom. The van der Waals surface area contributed by atoms with Crippen molar-refractivity contribution in [2.24, 2.45) is 0 Å². The molecule has 0 saturated carbocycles. The fourth-order valence-corrected chi connectivity index (χ4v) is 5.76. The van der Waals surface area contributed by atoms with Crippen LogP contribution >= 0.6 is 0 Å². The smallest absolute Gasteiger partial charge is 0.264 e. The van der Waals surface area contributed by atoms with Crippen LogP contribution in [0.25, 0.3) is 0 Å². The summed E-state index contributed by atoms with van der Waals surface area (Å²) in [6.45, 7) is 5.64. The molecule has 0 saturated heterocycles. The van der Waals surface area contributed by atoms with Gasteiger partial charge in [0, 0.05) is 19.2 Å². The standard InChI is InChI=1S/C30H37N3O6S/c1-6-26(30(35)31-7-2)32(20-23-15-13-22(3)14-16-23)29(34)21-33(24-11-9-8-10-12-24)40(36,37)25-17-18-27(38-4)28(19-25)39-5/h8-19,26H,6-7,20-21H2,1-5H3,(H,31,35). The van der Waals surface area contributed by atoms with Gasteiger partial charge in [0.05, 0.1) is 24.8 Å². The average Bonchev–Trinajstić information content (AvgIpc) is 2.96. The molecule has 2 amide bonds. The number of methoxy groups -OCH3 is 2. The molecule has 9 nitrogen and oxygen atoms in total. The van der Waals surface area contributed by atoms with Gasteiger partial charge in [0.15, 0.2) is 11.5 Å². The molecule has 1 N–H and O–H groups in total. The third kappa shape index (κ3) is 7.12. The fraction of sp³-hybridized carbons (Fsp3) is 0.333. The summed E-state index contributed by atoms with van der Waals surface area (Å²) in [7, 11) is -1.35. The van der Waals surface area contributed by atoms with Crippen LogP contribution in [0.4, 0.5) is 5.69 Å². The van der Waals surface area contributed by atoms with E-state index >= 15 is 0 Å². The maximum absolute atomic E-state index is 14.0. The highest BCUT2D eigenvalue weighted by atomic mass is 32.2. The van der Waals surface area contributed by atoms with Gasteiger partial charge in [0.2, 0.25) is 11.8 Å². The van der Waals surface area contributed by atoms with Crippen LogP contribution in [0.2, 0.25) is 0 Å². The molecular weight excluding hydrogens is 530 g/mol. The Morgan fingerprint density at radius 2 is 1.55 bits per heavy atom. The van der Waals surface area contributed by atoms with Crippen molar-refractivity contribution in [1.82, 2.24) is 10.2 Å². The van der Waals surface area contributed by atoms with E-state index in [1.165, 1.54) is 37.3 Å². The van der Waals surface area contributed by atoms with Gasteiger partial charge < -0.3 is 19.7 Å². The van der Waals surface area contributed by atoms with E-state index in [0.717, 1.165) is 15.4 Å². The summed E-state index contributed by atoms with van der Waals surface area (Å²) in [6.07, 6.45) is 0.358. The number of sulfonamides is 1. The van der Waals surface area contributed by atoms with Gasteiger partial charge in [0.25, 0.3) is 10.0 Å². The van der Waals surface area contributed by atoms with Crippen LogP contribution in [0.1, 0.15) is 31.4 Å². The number of carbonyl (C=O) groups excluding carboxylic acids is 2. The zero-order valence-corrected chi connectivity index (χ0v) is 24.4. The van der Waals surface area contributed by atoms with Crippen LogP contribution < -0.4 is 19.1 Å². The molecule has 0 heterocycles. The predicted octanol–water partition coefficient (Wildman–Crippen LogP) is 4.15. The van der Waals surface area contributed by atoms with E-state index in [-0.39, 0.29) is 23.1 Å². The van der Waals surface area contributed by atoms with Gasteiger partial charge in [-0.15, -0.1) is 0 Å². The molecule has 0 aliphatic heterocycles. The molecule has 0 bridgehead atoms. The number of aryl methyl sites for hydroxylation is 1. The van der Waals surface area contributed by atoms with Crippen molar-refractivity contribution in [2.75, 3.05) is 31.6 Å². The maximum Gasteiger partial charge on any atom is 0.264 e. The van der Waals surface area contributed by atoms with Crippen LogP contribution in [0.5, 0.6) is 11.5 Å². The Morgan fingerprint density at radius 3 is 2.12 bits per heavy atom. The first-order valence-corrected chi connectivity index (χ1v) is 14.5. The number of carbonyl (C=O) groups is 2. The minimum absolute atomic E-state index is 0.0670. The summed E-state index contributed by atoms with van der Waals surface area (Å²) in [4.78, 5) is 28.4. The van der Waals surface area contributed by atoms with E-state index in [2.05, 4.69) is 5.32 Å². The molecule has 3 aromatic rings. The molecule has 0 aromatic heterocycles. The molecule has 1 atom stereocenters. The van der Waals surface area contributed by atoms with E-state index in [1.807, 2.05) is 45.0 Å². The minimum atomic E-state index is -4.23. The molecule has 0 aliphatic carbocycles. The topological polar surface area (TPSA) is 105 Å². The molecule has 0 fully saturated rings. The first-order chi connectivity index (χ1) is 19.2. The van der Waals surface area contributed by atoms with Crippen LogP contribution in [0.15, 0.2) is 77.7 Å². The zero-order chi connectivity index (χ0) is 29.3. The Balaban J connectivity index is 2.06. The molecule has 3 aromatic carbocycles. The van der Waals surface area contributed by atoms with Gasteiger partial charge in [-0.25, -0.2) is 8.42 Å². The lowest BCUT2D eigenvalue weighted by Crippen LogP contribution is -2.52. The largest absolute Gasteiger partial charge is 0.493 e. The van der Waals surface area contributed by atoms with Gasteiger partial charge in [-0.1, -0.05) is 55.0 Å².